The molecular weight excluding hydrogens is 293 g/mol. The molecule has 20 heavy (non-hydrogen) atoms. The molecule has 0 bridgehead atoms. The first-order valence-electron chi connectivity index (χ1n) is 7.33. The molecule has 0 aliphatic heterocycles. The van der Waals surface area contributed by atoms with Gasteiger partial charge in [-0.15, -0.1) is 11.6 Å². The van der Waals surface area contributed by atoms with E-state index in [9.17, 15) is 0 Å². The van der Waals surface area contributed by atoms with E-state index >= 15 is 0 Å². The lowest BCUT2D eigenvalue weighted by Gasteiger charge is -2.17. The van der Waals surface area contributed by atoms with Crippen molar-refractivity contribution in [3.05, 3.63) is 23.1 Å². The van der Waals surface area contributed by atoms with Crippen LogP contribution in [-0.4, -0.2) is 14.5 Å². The van der Waals surface area contributed by atoms with Crippen molar-refractivity contribution in [2.45, 2.75) is 38.1 Å². The molecule has 4 rings (SSSR count). The van der Waals surface area contributed by atoms with Crippen molar-refractivity contribution >= 4 is 34.4 Å². The van der Waals surface area contributed by atoms with E-state index in [0.29, 0.717) is 10.9 Å². The average Bonchev–Trinajstić information content (AvgIpc) is 3.33. The Labute approximate surface area is 128 Å². The summed E-state index contributed by atoms with van der Waals surface area (Å²) in [6, 6.07) is 1.87. The molecular formula is C15H17Cl2N3. The molecule has 2 aromatic heterocycles. The highest BCUT2D eigenvalue weighted by Crippen LogP contribution is 2.50. The normalized spacial score (nSPS) is 19.1. The second-order valence-electron chi connectivity index (χ2n) is 6.11. The van der Waals surface area contributed by atoms with Crippen LogP contribution in [0.3, 0.4) is 0 Å². The monoisotopic (exact) mass is 309 g/mol. The zero-order valence-electron chi connectivity index (χ0n) is 11.2. The number of rotatable bonds is 5. The molecule has 2 saturated carbocycles. The largest absolute Gasteiger partial charge is 0.311 e. The van der Waals surface area contributed by atoms with Crippen LogP contribution in [0.4, 0.5) is 0 Å². The van der Waals surface area contributed by atoms with Crippen molar-refractivity contribution in [3.63, 3.8) is 0 Å². The van der Waals surface area contributed by atoms with Crippen LogP contribution in [0.5, 0.6) is 0 Å². The van der Waals surface area contributed by atoms with Gasteiger partial charge in [-0.05, 0) is 49.5 Å². The number of halogens is 2. The Balaban J connectivity index is 1.73. The Kier molecular flexibility index (Phi) is 3.15. The molecule has 2 aliphatic rings. The minimum atomic E-state index is 0.427. The van der Waals surface area contributed by atoms with Gasteiger partial charge >= 0.3 is 0 Å². The lowest BCUT2D eigenvalue weighted by molar-refractivity contribution is 0.349. The van der Waals surface area contributed by atoms with E-state index in [4.69, 9.17) is 23.2 Å². The highest BCUT2D eigenvalue weighted by atomic mass is 35.5. The highest BCUT2D eigenvalue weighted by molar-refractivity contribution is 6.31. The number of imidazole rings is 1. The molecule has 2 aromatic rings. The first kappa shape index (κ1) is 12.9. The summed E-state index contributed by atoms with van der Waals surface area (Å²) in [5, 5.41) is 0.629. The fraction of sp³-hybridized carbons (Fsp3) is 0.600. The van der Waals surface area contributed by atoms with E-state index in [1.54, 1.807) is 6.20 Å². The number of fused-ring (bicyclic) bond motifs is 1. The first-order valence-corrected chi connectivity index (χ1v) is 8.24. The molecule has 5 heteroatoms. The first-order chi connectivity index (χ1) is 9.76. The van der Waals surface area contributed by atoms with E-state index in [1.165, 1.54) is 25.7 Å². The van der Waals surface area contributed by atoms with Gasteiger partial charge < -0.3 is 4.57 Å². The maximum atomic E-state index is 6.07. The second-order valence-corrected chi connectivity index (χ2v) is 6.81. The number of pyridine rings is 1. The molecule has 0 atom stereocenters. The molecule has 2 fully saturated rings. The lowest BCUT2D eigenvalue weighted by atomic mass is 9.98. The van der Waals surface area contributed by atoms with Crippen LogP contribution in [0, 0.1) is 17.8 Å². The fourth-order valence-corrected chi connectivity index (χ4v) is 3.63. The van der Waals surface area contributed by atoms with E-state index in [2.05, 4.69) is 14.5 Å². The van der Waals surface area contributed by atoms with Gasteiger partial charge in [0.25, 0.3) is 0 Å². The smallest absolute Gasteiger partial charge is 0.160 e. The zero-order chi connectivity index (χ0) is 13.7. The van der Waals surface area contributed by atoms with Crippen LogP contribution < -0.4 is 0 Å². The van der Waals surface area contributed by atoms with E-state index in [1.807, 2.05) is 6.07 Å². The topological polar surface area (TPSA) is 30.7 Å². The van der Waals surface area contributed by atoms with Crippen LogP contribution in [0.15, 0.2) is 12.3 Å². The number of nitrogens with zero attached hydrogens (tertiary/aromatic N) is 3. The Bertz CT molecular complexity index is 632. The maximum absolute atomic E-state index is 6.07. The van der Waals surface area contributed by atoms with E-state index in [0.717, 1.165) is 41.3 Å². The molecule has 0 saturated heterocycles. The molecule has 2 aliphatic carbocycles. The van der Waals surface area contributed by atoms with Crippen LogP contribution in [0.1, 0.15) is 31.5 Å². The summed E-state index contributed by atoms with van der Waals surface area (Å²) in [5.74, 6) is 3.95. The Morgan fingerprint density at radius 3 is 2.55 bits per heavy atom. The Morgan fingerprint density at radius 2 is 1.95 bits per heavy atom. The summed E-state index contributed by atoms with van der Waals surface area (Å²) in [5.41, 5.74) is 1.79. The molecule has 0 N–H and O–H groups in total. The molecule has 2 heterocycles. The van der Waals surface area contributed by atoms with Gasteiger partial charge in [0.15, 0.2) is 5.65 Å². The van der Waals surface area contributed by atoms with E-state index < -0.39 is 0 Å². The molecule has 3 nitrogen and oxygen atoms in total. The molecule has 0 unspecified atom stereocenters. The maximum Gasteiger partial charge on any atom is 0.160 e. The Morgan fingerprint density at radius 1 is 1.25 bits per heavy atom. The Hall–Kier alpha value is -0.800. The van der Waals surface area contributed by atoms with Crippen molar-refractivity contribution in [2.24, 2.45) is 17.8 Å². The minimum Gasteiger partial charge on any atom is -0.311 e. The highest BCUT2D eigenvalue weighted by Gasteiger charge is 2.41. The van der Waals surface area contributed by atoms with Crippen LogP contribution in [0.2, 0.25) is 5.02 Å². The van der Waals surface area contributed by atoms with Crippen molar-refractivity contribution < 1.29 is 0 Å². The van der Waals surface area contributed by atoms with Gasteiger partial charge in [-0.25, -0.2) is 9.97 Å². The number of hydrogen-bond acceptors (Lipinski definition) is 2. The third kappa shape index (κ3) is 2.31. The third-order valence-electron chi connectivity index (χ3n) is 4.60. The van der Waals surface area contributed by atoms with Gasteiger partial charge in [-0.3, -0.25) is 0 Å². The van der Waals surface area contributed by atoms with Crippen molar-refractivity contribution in [2.75, 3.05) is 0 Å². The molecule has 0 radical (unpaired) electrons. The van der Waals surface area contributed by atoms with Gasteiger partial charge in [0.2, 0.25) is 0 Å². The summed E-state index contributed by atoms with van der Waals surface area (Å²) >= 11 is 12.1. The van der Waals surface area contributed by atoms with Crippen LogP contribution in [-0.2, 0) is 12.4 Å². The van der Waals surface area contributed by atoms with Gasteiger partial charge in [0.05, 0.1) is 10.9 Å². The van der Waals surface area contributed by atoms with Crippen molar-refractivity contribution in [1.29, 1.82) is 0 Å². The van der Waals surface area contributed by atoms with Gasteiger partial charge in [-0.2, -0.15) is 0 Å². The summed E-state index contributed by atoms with van der Waals surface area (Å²) in [4.78, 5) is 9.06. The molecule has 0 spiro atoms. The number of aromatic nitrogens is 3. The predicted molar refractivity (Wildman–Crippen MR) is 81.0 cm³/mol. The predicted octanol–water partition coefficient (Wildman–Crippen LogP) is 4.26. The molecule has 106 valence electrons. The quantitative estimate of drug-likeness (QED) is 0.773. The minimum absolute atomic E-state index is 0.427. The van der Waals surface area contributed by atoms with Crippen molar-refractivity contribution in [1.82, 2.24) is 14.5 Å². The van der Waals surface area contributed by atoms with Crippen LogP contribution >= 0.6 is 23.2 Å². The zero-order valence-corrected chi connectivity index (χ0v) is 12.7. The summed E-state index contributed by atoms with van der Waals surface area (Å²) in [7, 11) is 0. The van der Waals surface area contributed by atoms with Gasteiger partial charge in [-0.1, -0.05) is 11.6 Å². The standard InChI is InChI=1S/C15H17Cl2N3/c16-6-14-19-13-5-11(17)7-18-15(13)20(14)8-12(9-1-2-9)10-3-4-10/h5,7,9-10,12H,1-4,6,8H2. The van der Waals surface area contributed by atoms with Crippen LogP contribution in [0.25, 0.3) is 11.2 Å². The number of alkyl halides is 1. The third-order valence-corrected chi connectivity index (χ3v) is 5.04. The fourth-order valence-electron chi connectivity index (χ4n) is 3.27. The van der Waals surface area contributed by atoms with E-state index in [-0.39, 0.29) is 0 Å². The number of hydrogen-bond donors (Lipinski definition) is 0. The molecule has 0 aromatic carbocycles. The average molecular weight is 310 g/mol. The summed E-state index contributed by atoms with van der Waals surface area (Å²) < 4.78 is 2.22. The lowest BCUT2D eigenvalue weighted by Crippen LogP contribution is -2.17. The summed E-state index contributed by atoms with van der Waals surface area (Å²) in [6.45, 7) is 1.02. The SMILES string of the molecule is ClCc1nc2cc(Cl)cnc2n1CC(C1CC1)C1CC1. The summed E-state index contributed by atoms with van der Waals surface area (Å²) in [6.07, 6.45) is 7.27. The van der Waals surface area contributed by atoms with Crippen molar-refractivity contribution in [3.8, 4) is 0 Å². The second kappa shape index (κ2) is 4.88. The van der Waals surface area contributed by atoms with Gasteiger partial charge in [0.1, 0.15) is 11.3 Å². The van der Waals surface area contributed by atoms with Gasteiger partial charge in [0, 0.05) is 12.7 Å². The molecule has 0 amide bonds.